The Hall–Kier alpha value is -0.580. The zero-order chi connectivity index (χ0) is 12.4. The smallest absolute Gasteiger partial charge is 0.165 e. The van der Waals surface area contributed by atoms with Gasteiger partial charge in [-0.3, -0.25) is 0 Å². The molecule has 0 aliphatic rings. The fraction of sp³-hybridized carbons (Fsp3) is 0.167. The third-order valence-electron chi connectivity index (χ3n) is 2.34. The summed E-state index contributed by atoms with van der Waals surface area (Å²) in [6.45, 7) is 0. The highest BCUT2D eigenvalue weighted by atomic mass is 79.9. The van der Waals surface area contributed by atoms with Crippen LogP contribution in [0.15, 0.2) is 34.1 Å². The van der Waals surface area contributed by atoms with Crippen molar-refractivity contribution in [1.82, 2.24) is 0 Å². The number of benzene rings is 1. The van der Waals surface area contributed by atoms with Crippen molar-refractivity contribution < 1.29 is 9.13 Å². The van der Waals surface area contributed by atoms with Gasteiger partial charge in [-0.05, 0) is 45.1 Å². The van der Waals surface area contributed by atoms with Gasteiger partial charge in [0.25, 0.3) is 0 Å². The normalized spacial score (nSPS) is 12.5. The van der Waals surface area contributed by atoms with E-state index in [1.165, 1.54) is 13.2 Å². The molecule has 0 aliphatic carbocycles. The molecule has 0 spiro atoms. The average Bonchev–Trinajstić information content (AvgIpc) is 2.75. The lowest BCUT2D eigenvalue weighted by Gasteiger charge is -2.10. The Morgan fingerprint density at radius 1 is 1.41 bits per heavy atom. The first-order valence-corrected chi connectivity index (χ1v) is 6.94. The predicted molar refractivity (Wildman–Crippen MR) is 72.7 cm³/mol. The molecule has 0 radical (unpaired) electrons. The first-order chi connectivity index (χ1) is 8.13. The van der Waals surface area contributed by atoms with E-state index in [9.17, 15) is 4.39 Å². The second kappa shape index (κ2) is 5.38. The molecule has 0 amide bonds. The van der Waals surface area contributed by atoms with Crippen LogP contribution in [0.3, 0.4) is 0 Å². The van der Waals surface area contributed by atoms with E-state index in [1.807, 2.05) is 11.4 Å². The Labute approximate surface area is 116 Å². The van der Waals surface area contributed by atoms with E-state index in [1.54, 1.807) is 23.5 Å². The van der Waals surface area contributed by atoms with Crippen LogP contribution in [0.2, 0.25) is 0 Å². The predicted octanol–water partition coefficient (Wildman–Crippen LogP) is 4.99. The Balaban J connectivity index is 2.38. The molecule has 2 rings (SSSR count). The third kappa shape index (κ3) is 2.64. The summed E-state index contributed by atoms with van der Waals surface area (Å²) in [6, 6.07) is 6.60. The minimum absolute atomic E-state index is 0.209. The van der Waals surface area contributed by atoms with Gasteiger partial charge in [0.05, 0.1) is 12.5 Å². The highest BCUT2D eigenvalue weighted by molar-refractivity contribution is 9.10. The van der Waals surface area contributed by atoms with Gasteiger partial charge in [0, 0.05) is 9.35 Å². The van der Waals surface area contributed by atoms with Crippen molar-refractivity contribution in [3.05, 3.63) is 50.4 Å². The van der Waals surface area contributed by atoms with E-state index in [0.717, 1.165) is 14.9 Å². The highest BCUT2D eigenvalue weighted by Gasteiger charge is 2.17. The van der Waals surface area contributed by atoms with Gasteiger partial charge in [0.15, 0.2) is 11.6 Å². The Bertz CT molecular complexity index is 529. The lowest BCUT2D eigenvalue weighted by molar-refractivity contribution is 0.386. The zero-order valence-corrected chi connectivity index (χ0v) is 12.1. The number of rotatable bonds is 3. The molecule has 0 fully saturated rings. The van der Waals surface area contributed by atoms with E-state index >= 15 is 0 Å². The number of ether oxygens (including phenoxy) is 1. The molecule has 1 heterocycles. The summed E-state index contributed by atoms with van der Waals surface area (Å²) < 4.78 is 19.2. The van der Waals surface area contributed by atoms with Crippen LogP contribution in [0.4, 0.5) is 4.39 Å². The molecular formula is C12H9BrClFOS. The third-order valence-corrected chi connectivity index (χ3v) is 4.88. The van der Waals surface area contributed by atoms with E-state index in [0.29, 0.717) is 0 Å². The summed E-state index contributed by atoms with van der Waals surface area (Å²) in [7, 11) is 1.44. The Kier molecular flexibility index (Phi) is 4.07. The minimum atomic E-state index is -0.384. The van der Waals surface area contributed by atoms with E-state index < -0.39 is 0 Å². The fourth-order valence-electron chi connectivity index (χ4n) is 1.47. The molecule has 0 saturated carbocycles. The van der Waals surface area contributed by atoms with Gasteiger partial charge in [-0.2, -0.15) is 0 Å². The van der Waals surface area contributed by atoms with Crippen LogP contribution in [-0.2, 0) is 0 Å². The molecule has 0 N–H and O–H groups in total. The second-order valence-corrected chi connectivity index (χ2v) is 5.63. The topological polar surface area (TPSA) is 9.23 Å². The molecule has 17 heavy (non-hydrogen) atoms. The van der Waals surface area contributed by atoms with Crippen molar-refractivity contribution in [2.75, 3.05) is 7.11 Å². The van der Waals surface area contributed by atoms with Crippen LogP contribution in [-0.4, -0.2) is 7.11 Å². The maximum Gasteiger partial charge on any atom is 0.165 e. The van der Waals surface area contributed by atoms with Crippen molar-refractivity contribution in [3.8, 4) is 5.75 Å². The highest BCUT2D eigenvalue weighted by Crippen LogP contribution is 2.38. The van der Waals surface area contributed by atoms with E-state index in [2.05, 4.69) is 15.9 Å². The number of methoxy groups -OCH3 is 1. The van der Waals surface area contributed by atoms with Crippen LogP contribution < -0.4 is 4.74 Å². The van der Waals surface area contributed by atoms with Crippen LogP contribution in [0.5, 0.6) is 5.75 Å². The molecular weight excluding hydrogens is 327 g/mol. The quantitative estimate of drug-likeness (QED) is 0.718. The SMILES string of the molecule is COc1cc(C(Cl)c2sccc2Br)ccc1F. The van der Waals surface area contributed by atoms with Crippen molar-refractivity contribution >= 4 is 38.9 Å². The summed E-state index contributed by atoms with van der Waals surface area (Å²) in [5.74, 6) is -0.175. The fourth-order valence-corrected chi connectivity index (χ4v) is 3.61. The summed E-state index contributed by atoms with van der Waals surface area (Å²) in [5.41, 5.74) is 0.813. The summed E-state index contributed by atoms with van der Waals surface area (Å²) in [6.07, 6.45) is 0. The van der Waals surface area contributed by atoms with Crippen LogP contribution in [0.1, 0.15) is 15.8 Å². The monoisotopic (exact) mass is 334 g/mol. The van der Waals surface area contributed by atoms with Crippen molar-refractivity contribution in [3.63, 3.8) is 0 Å². The van der Waals surface area contributed by atoms with Gasteiger partial charge in [0.1, 0.15) is 0 Å². The molecule has 0 saturated heterocycles. The molecule has 1 unspecified atom stereocenters. The Morgan fingerprint density at radius 2 is 2.18 bits per heavy atom. The minimum Gasteiger partial charge on any atom is -0.494 e. The molecule has 1 aromatic heterocycles. The van der Waals surface area contributed by atoms with Gasteiger partial charge >= 0.3 is 0 Å². The van der Waals surface area contributed by atoms with Crippen LogP contribution in [0, 0.1) is 5.82 Å². The molecule has 5 heteroatoms. The molecule has 1 nitrogen and oxygen atoms in total. The maximum atomic E-state index is 13.3. The molecule has 2 aromatic rings. The number of hydrogen-bond donors (Lipinski definition) is 0. The molecule has 90 valence electrons. The van der Waals surface area contributed by atoms with Gasteiger partial charge in [0.2, 0.25) is 0 Å². The van der Waals surface area contributed by atoms with Crippen molar-refractivity contribution in [2.45, 2.75) is 5.38 Å². The van der Waals surface area contributed by atoms with Crippen LogP contribution >= 0.6 is 38.9 Å². The van der Waals surface area contributed by atoms with Gasteiger partial charge in [-0.15, -0.1) is 22.9 Å². The Morgan fingerprint density at radius 3 is 2.76 bits per heavy atom. The number of hydrogen-bond acceptors (Lipinski definition) is 2. The van der Waals surface area contributed by atoms with Gasteiger partial charge in [-0.1, -0.05) is 6.07 Å². The number of thiophene rings is 1. The molecule has 0 bridgehead atoms. The van der Waals surface area contributed by atoms with Gasteiger partial charge < -0.3 is 4.74 Å². The molecule has 1 aromatic carbocycles. The summed E-state index contributed by atoms with van der Waals surface area (Å²) >= 11 is 11.4. The van der Waals surface area contributed by atoms with E-state index in [-0.39, 0.29) is 16.9 Å². The standard InChI is InChI=1S/C12H9BrClFOS/c1-16-10-6-7(2-3-9(10)15)11(14)12-8(13)4-5-17-12/h2-6,11H,1H3. The number of halogens is 3. The second-order valence-electron chi connectivity index (χ2n) is 3.39. The molecule has 1 atom stereocenters. The average molecular weight is 336 g/mol. The largest absolute Gasteiger partial charge is 0.494 e. The number of alkyl halides is 1. The zero-order valence-electron chi connectivity index (χ0n) is 8.91. The molecule has 0 aliphatic heterocycles. The van der Waals surface area contributed by atoms with Crippen LogP contribution in [0.25, 0.3) is 0 Å². The maximum absolute atomic E-state index is 13.3. The van der Waals surface area contributed by atoms with Gasteiger partial charge in [-0.25, -0.2) is 4.39 Å². The lowest BCUT2D eigenvalue weighted by Crippen LogP contribution is -1.94. The van der Waals surface area contributed by atoms with Crippen molar-refractivity contribution in [1.29, 1.82) is 0 Å². The lowest BCUT2D eigenvalue weighted by atomic mass is 10.1. The van der Waals surface area contributed by atoms with E-state index in [4.69, 9.17) is 16.3 Å². The summed E-state index contributed by atoms with van der Waals surface area (Å²) in [4.78, 5) is 1.00. The first-order valence-electron chi connectivity index (χ1n) is 4.84. The summed E-state index contributed by atoms with van der Waals surface area (Å²) in [5, 5.41) is 1.65. The first kappa shape index (κ1) is 12.9. The van der Waals surface area contributed by atoms with Crippen molar-refractivity contribution in [2.24, 2.45) is 0 Å².